The molecule has 5 heteroatoms. The largest absolute Gasteiger partial charge is 0.370 e. The van der Waals surface area contributed by atoms with Gasteiger partial charge in [0.1, 0.15) is 5.03 Å². The fourth-order valence-corrected chi connectivity index (χ4v) is 3.89. The number of piperidine rings is 2. The molecule has 1 aromatic rings. The third-order valence-corrected chi connectivity index (χ3v) is 5.70. The molecule has 3 heterocycles. The van der Waals surface area contributed by atoms with Gasteiger partial charge in [-0.15, -0.1) is 0 Å². The van der Waals surface area contributed by atoms with Gasteiger partial charge >= 0.3 is 0 Å². The van der Waals surface area contributed by atoms with E-state index in [9.17, 15) is 4.21 Å². The quantitative estimate of drug-likeness (QED) is 0.903. The van der Waals surface area contributed by atoms with Crippen molar-refractivity contribution in [2.75, 3.05) is 37.3 Å². The maximum atomic E-state index is 11.4. The molecule has 3 rings (SSSR count). The van der Waals surface area contributed by atoms with Crippen LogP contribution in [0.5, 0.6) is 0 Å². The Morgan fingerprint density at radius 1 is 1.20 bits per heavy atom. The zero-order valence-electron chi connectivity index (χ0n) is 12.1. The molecule has 0 aromatic carbocycles. The van der Waals surface area contributed by atoms with Crippen LogP contribution in [-0.4, -0.2) is 41.6 Å². The molecule has 0 amide bonds. The molecule has 2 fully saturated rings. The Bertz CT molecular complexity index is 472. The fourth-order valence-electron chi connectivity index (χ4n) is 3.43. The highest BCUT2D eigenvalue weighted by atomic mass is 32.2. The maximum absolute atomic E-state index is 11.4. The molecular formula is C15H23N3OS. The Morgan fingerprint density at radius 2 is 1.90 bits per heavy atom. The Labute approximate surface area is 123 Å². The molecule has 2 aliphatic rings. The SMILES string of the molecule is CS(=O)c1ccc(N2CCC3(CCNCC3)CC2)cn1. The number of rotatable bonds is 2. The minimum absolute atomic E-state index is 0.583. The second kappa shape index (κ2) is 5.82. The van der Waals surface area contributed by atoms with Gasteiger partial charge in [0.2, 0.25) is 0 Å². The summed E-state index contributed by atoms with van der Waals surface area (Å²) < 4.78 is 11.4. The molecule has 110 valence electrons. The predicted octanol–water partition coefficient (Wildman–Crippen LogP) is 1.79. The standard InChI is InChI=1S/C15H23N3OS/c1-20(19)14-3-2-13(12-17-14)18-10-6-15(7-11-18)4-8-16-9-5-15/h2-3,12,16H,4-11H2,1H3. The zero-order valence-corrected chi connectivity index (χ0v) is 12.9. The topological polar surface area (TPSA) is 45.2 Å². The fraction of sp³-hybridized carbons (Fsp3) is 0.667. The van der Waals surface area contributed by atoms with E-state index in [0.717, 1.165) is 13.1 Å². The van der Waals surface area contributed by atoms with E-state index in [2.05, 4.69) is 21.3 Å². The molecule has 20 heavy (non-hydrogen) atoms. The van der Waals surface area contributed by atoms with Crippen LogP contribution in [-0.2, 0) is 10.8 Å². The van der Waals surface area contributed by atoms with Crippen LogP contribution >= 0.6 is 0 Å². The third kappa shape index (κ3) is 2.88. The van der Waals surface area contributed by atoms with Crippen molar-refractivity contribution in [2.45, 2.75) is 30.7 Å². The first kappa shape index (κ1) is 14.0. The van der Waals surface area contributed by atoms with Gasteiger partial charge in [-0.3, -0.25) is 4.21 Å². The van der Waals surface area contributed by atoms with Gasteiger partial charge in [-0.25, -0.2) is 4.98 Å². The van der Waals surface area contributed by atoms with Gasteiger partial charge in [-0.05, 0) is 56.3 Å². The van der Waals surface area contributed by atoms with Gasteiger partial charge in [-0.1, -0.05) is 0 Å². The van der Waals surface area contributed by atoms with Gasteiger partial charge in [0.05, 0.1) is 22.7 Å². The summed E-state index contributed by atoms with van der Waals surface area (Å²) in [6, 6.07) is 3.95. The molecule has 2 aliphatic heterocycles. The highest BCUT2D eigenvalue weighted by Crippen LogP contribution is 2.40. The number of pyridine rings is 1. The van der Waals surface area contributed by atoms with Crippen molar-refractivity contribution in [3.63, 3.8) is 0 Å². The Morgan fingerprint density at radius 3 is 2.45 bits per heavy atom. The van der Waals surface area contributed by atoms with Crippen molar-refractivity contribution >= 4 is 16.5 Å². The highest BCUT2D eigenvalue weighted by molar-refractivity contribution is 7.84. The molecule has 4 nitrogen and oxygen atoms in total. The first-order valence-corrected chi connectivity index (χ1v) is 9.00. The van der Waals surface area contributed by atoms with Crippen LogP contribution in [0.15, 0.2) is 23.4 Å². The molecule has 1 spiro atoms. The van der Waals surface area contributed by atoms with Crippen molar-refractivity contribution < 1.29 is 4.21 Å². The first-order valence-electron chi connectivity index (χ1n) is 7.44. The van der Waals surface area contributed by atoms with Crippen LogP contribution in [0.25, 0.3) is 0 Å². The smallest absolute Gasteiger partial charge is 0.127 e. The van der Waals surface area contributed by atoms with E-state index >= 15 is 0 Å². The van der Waals surface area contributed by atoms with Gasteiger partial charge in [0, 0.05) is 19.3 Å². The summed E-state index contributed by atoms with van der Waals surface area (Å²) in [7, 11) is -0.988. The van der Waals surface area contributed by atoms with E-state index in [1.54, 1.807) is 6.26 Å². The van der Waals surface area contributed by atoms with Crippen molar-refractivity contribution in [1.29, 1.82) is 0 Å². The monoisotopic (exact) mass is 293 g/mol. The average Bonchev–Trinajstić information content (AvgIpc) is 2.49. The lowest BCUT2D eigenvalue weighted by atomic mass is 9.71. The van der Waals surface area contributed by atoms with Gasteiger partial charge in [0.25, 0.3) is 0 Å². The second-order valence-electron chi connectivity index (χ2n) is 6.05. The van der Waals surface area contributed by atoms with Crippen molar-refractivity contribution in [2.24, 2.45) is 5.41 Å². The molecule has 0 radical (unpaired) electrons. The second-order valence-corrected chi connectivity index (χ2v) is 7.37. The van der Waals surface area contributed by atoms with E-state index in [1.807, 2.05) is 12.3 Å². The van der Waals surface area contributed by atoms with Gasteiger partial charge < -0.3 is 10.2 Å². The number of hydrogen-bond donors (Lipinski definition) is 1. The van der Waals surface area contributed by atoms with E-state index in [1.165, 1.54) is 44.5 Å². The molecule has 0 aliphatic carbocycles. The van der Waals surface area contributed by atoms with Crippen LogP contribution < -0.4 is 10.2 Å². The van der Waals surface area contributed by atoms with Crippen LogP contribution in [0.4, 0.5) is 5.69 Å². The summed E-state index contributed by atoms with van der Waals surface area (Å²) >= 11 is 0. The molecule has 2 saturated heterocycles. The number of nitrogens with one attached hydrogen (secondary N) is 1. The summed E-state index contributed by atoms with van der Waals surface area (Å²) in [5.41, 5.74) is 1.75. The van der Waals surface area contributed by atoms with E-state index in [-0.39, 0.29) is 0 Å². The zero-order chi connectivity index (χ0) is 14.0. The predicted molar refractivity (Wildman–Crippen MR) is 82.6 cm³/mol. The van der Waals surface area contributed by atoms with Crippen LogP contribution in [0.2, 0.25) is 0 Å². The van der Waals surface area contributed by atoms with Crippen LogP contribution in [0, 0.1) is 5.41 Å². The lowest BCUT2D eigenvalue weighted by Crippen LogP contribution is -2.45. The number of aromatic nitrogens is 1. The molecule has 0 bridgehead atoms. The van der Waals surface area contributed by atoms with Crippen LogP contribution in [0.1, 0.15) is 25.7 Å². The molecule has 1 unspecified atom stereocenters. The average molecular weight is 293 g/mol. The summed E-state index contributed by atoms with van der Waals surface area (Å²) in [5.74, 6) is 0. The third-order valence-electron chi connectivity index (χ3n) is 4.87. The maximum Gasteiger partial charge on any atom is 0.127 e. The minimum atomic E-state index is -0.988. The van der Waals surface area contributed by atoms with Crippen molar-refractivity contribution in [1.82, 2.24) is 10.3 Å². The Hall–Kier alpha value is -0.940. The highest BCUT2D eigenvalue weighted by Gasteiger charge is 2.35. The number of nitrogens with zero attached hydrogens (tertiary/aromatic N) is 2. The molecule has 1 aromatic heterocycles. The van der Waals surface area contributed by atoms with Crippen molar-refractivity contribution in [3.8, 4) is 0 Å². The number of hydrogen-bond acceptors (Lipinski definition) is 4. The van der Waals surface area contributed by atoms with Gasteiger partial charge in [-0.2, -0.15) is 0 Å². The summed E-state index contributed by atoms with van der Waals surface area (Å²) in [6.45, 7) is 4.60. The summed E-state index contributed by atoms with van der Waals surface area (Å²) in [4.78, 5) is 6.72. The number of anilines is 1. The van der Waals surface area contributed by atoms with E-state index in [0.29, 0.717) is 10.4 Å². The van der Waals surface area contributed by atoms with Gasteiger partial charge in [0.15, 0.2) is 0 Å². The summed E-state index contributed by atoms with van der Waals surface area (Å²) in [5, 5.41) is 4.13. The first-order chi connectivity index (χ1) is 9.69. The minimum Gasteiger partial charge on any atom is -0.370 e. The lowest BCUT2D eigenvalue weighted by molar-refractivity contribution is 0.155. The molecule has 1 N–H and O–H groups in total. The molecule has 0 saturated carbocycles. The lowest BCUT2D eigenvalue weighted by Gasteiger charge is -2.45. The Balaban J connectivity index is 1.64. The van der Waals surface area contributed by atoms with E-state index in [4.69, 9.17) is 0 Å². The molecule has 1 atom stereocenters. The van der Waals surface area contributed by atoms with Crippen molar-refractivity contribution in [3.05, 3.63) is 18.3 Å². The Kier molecular flexibility index (Phi) is 4.08. The summed E-state index contributed by atoms with van der Waals surface area (Å²) in [6.07, 6.45) is 8.77. The normalized spacial score (nSPS) is 23.8. The molecular weight excluding hydrogens is 270 g/mol. The van der Waals surface area contributed by atoms with E-state index < -0.39 is 10.8 Å². The van der Waals surface area contributed by atoms with Crippen LogP contribution in [0.3, 0.4) is 0 Å².